The molecule has 0 saturated heterocycles. The van der Waals surface area contributed by atoms with Gasteiger partial charge < -0.3 is 9.52 Å². The summed E-state index contributed by atoms with van der Waals surface area (Å²) in [6.07, 6.45) is 2.32. The highest BCUT2D eigenvalue weighted by atomic mass is 32.2. The van der Waals surface area contributed by atoms with E-state index in [4.69, 9.17) is 4.42 Å². The maximum Gasteiger partial charge on any atom is 0.337 e. The van der Waals surface area contributed by atoms with Crippen LogP contribution in [-0.4, -0.2) is 19.5 Å². The van der Waals surface area contributed by atoms with Crippen molar-refractivity contribution in [3.05, 3.63) is 47.9 Å². The van der Waals surface area contributed by atoms with Gasteiger partial charge in [-0.25, -0.2) is 13.2 Å². The zero-order valence-electron chi connectivity index (χ0n) is 11.5. The lowest BCUT2D eigenvalue weighted by Crippen LogP contribution is -2.17. The van der Waals surface area contributed by atoms with Crippen molar-refractivity contribution in [3.8, 4) is 0 Å². The number of benzene rings is 1. The normalized spacial score (nSPS) is 11.6. The van der Waals surface area contributed by atoms with E-state index in [-0.39, 0.29) is 22.1 Å². The molecule has 0 aliphatic heterocycles. The summed E-state index contributed by atoms with van der Waals surface area (Å²) in [7, 11) is -3.89. The van der Waals surface area contributed by atoms with E-state index in [1.54, 1.807) is 12.1 Å². The summed E-state index contributed by atoms with van der Waals surface area (Å²) in [6, 6.07) is 5.95. The molecule has 0 aliphatic rings. The zero-order chi connectivity index (χ0) is 15.6. The average molecular weight is 309 g/mol. The predicted molar refractivity (Wildman–Crippen MR) is 77.0 cm³/mol. The van der Waals surface area contributed by atoms with Crippen LogP contribution in [0.25, 0.3) is 0 Å². The Labute approximate surface area is 122 Å². The Morgan fingerprint density at radius 2 is 2.00 bits per heavy atom. The van der Waals surface area contributed by atoms with Crippen LogP contribution in [0.4, 0.5) is 5.69 Å². The maximum absolute atomic E-state index is 12.2. The van der Waals surface area contributed by atoms with E-state index >= 15 is 0 Å². The van der Waals surface area contributed by atoms with E-state index < -0.39 is 16.0 Å². The van der Waals surface area contributed by atoms with Crippen molar-refractivity contribution < 1.29 is 22.7 Å². The fourth-order valence-electron chi connectivity index (χ4n) is 1.94. The van der Waals surface area contributed by atoms with Gasteiger partial charge in [-0.3, -0.25) is 4.72 Å². The standard InChI is InChI=1S/C14H15NO5S/c1-9(2)11-4-3-5-12(14(16)17)13(11)15-21(18,19)10-6-7-20-8-10/h3-9,15H,1-2H3,(H,16,17). The first-order valence-electron chi connectivity index (χ1n) is 6.24. The Bertz CT molecular complexity index is 748. The first kappa shape index (κ1) is 15.1. The molecule has 0 radical (unpaired) electrons. The fourth-order valence-corrected chi connectivity index (χ4v) is 2.97. The molecule has 21 heavy (non-hydrogen) atoms. The Kier molecular flexibility index (Phi) is 4.04. The molecule has 1 heterocycles. The Hall–Kier alpha value is -2.28. The van der Waals surface area contributed by atoms with Gasteiger partial charge in [-0.1, -0.05) is 26.0 Å². The van der Waals surface area contributed by atoms with Crippen molar-refractivity contribution in [2.75, 3.05) is 4.72 Å². The molecule has 0 spiro atoms. The number of hydrogen-bond acceptors (Lipinski definition) is 4. The third-order valence-electron chi connectivity index (χ3n) is 2.99. The Balaban J connectivity index is 2.55. The van der Waals surface area contributed by atoms with Crippen LogP contribution in [0, 0.1) is 0 Å². The number of hydrogen-bond donors (Lipinski definition) is 2. The number of anilines is 1. The van der Waals surface area contributed by atoms with Gasteiger partial charge >= 0.3 is 5.97 Å². The number of para-hydroxylation sites is 1. The SMILES string of the molecule is CC(C)c1cccc(C(=O)O)c1NS(=O)(=O)c1ccoc1. The summed E-state index contributed by atoms with van der Waals surface area (Å²) in [5.74, 6) is -1.23. The summed E-state index contributed by atoms with van der Waals surface area (Å²) in [6.45, 7) is 3.72. The smallest absolute Gasteiger partial charge is 0.337 e. The monoisotopic (exact) mass is 309 g/mol. The van der Waals surface area contributed by atoms with E-state index in [0.29, 0.717) is 5.56 Å². The van der Waals surface area contributed by atoms with Gasteiger partial charge in [-0.2, -0.15) is 0 Å². The molecule has 0 atom stereocenters. The quantitative estimate of drug-likeness (QED) is 0.885. The number of rotatable bonds is 5. The van der Waals surface area contributed by atoms with Crippen molar-refractivity contribution in [1.82, 2.24) is 0 Å². The number of carboxylic acid groups (broad SMARTS) is 1. The van der Waals surface area contributed by atoms with Crippen molar-refractivity contribution in [2.45, 2.75) is 24.7 Å². The van der Waals surface area contributed by atoms with Crippen LogP contribution in [0.15, 0.2) is 46.1 Å². The average Bonchev–Trinajstić information content (AvgIpc) is 2.92. The largest absolute Gasteiger partial charge is 0.478 e. The van der Waals surface area contributed by atoms with Crippen LogP contribution >= 0.6 is 0 Å². The minimum absolute atomic E-state index is 0.0358. The fraction of sp³-hybridized carbons (Fsp3) is 0.214. The lowest BCUT2D eigenvalue weighted by atomic mass is 9.98. The molecule has 0 amide bonds. The molecule has 0 aliphatic carbocycles. The van der Waals surface area contributed by atoms with Gasteiger partial charge in [0.2, 0.25) is 0 Å². The molecule has 0 unspecified atom stereocenters. The van der Waals surface area contributed by atoms with E-state index in [0.717, 1.165) is 6.26 Å². The van der Waals surface area contributed by atoms with Crippen LogP contribution in [0.1, 0.15) is 35.7 Å². The molecule has 2 N–H and O–H groups in total. The Morgan fingerprint density at radius 3 is 2.52 bits per heavy atom. The molecule has 7 heteroatoms. The third-order valence-corrected chi connectivity index (χ3v) is 4.32. The predicted octanol–water partition coefficient (Wildman–Crippen LogP) is 2.90. The van der Waals surface area contributed by atoms with Gasteiger partial charge in [-0.05, 0) is 23.6 Å². The van der Waals surface area contributed by atoms with Gasteiger partial charge in [0.15, 0.2) is 0 Å². The summed E-state index contributed by atoms with van der Waals surface area (Å²) in [4.78, 5) is 11.3. The van der Waals surface area contributed by atoms with Crippen LogP contribution in [0.3, 0.4) is 0 Å². The van der Waals surface area contributed by atoms with E-state index in [1.165, 1.54) is 18.4 Å². The molecule has 1 aromatic carbocycles. The summed E-state index contributed by atoms with van der Waals surface area (Å²) in [5, 5.41) is 9.25. The molecule has 1 aromatic heterocycles. The molecular weight excluding hydrogens is 294 g/mol. The van der Waals surface area contributed by atoms with Crippen molar-refractivity contribution >= 4 is 21.7 Å². The maximum atomic E-state index is 12.2. The van der Waals surface area contributed by atoms with Gasteiger partial charge in [0.25, 0.3) is 10.0 Å². The highest BCUT2D eigenvalue weighted by Crippen LogP contribution is 2.30. The molecular formula is C14H15NO5S. The molecule has 6 nitrogen and oxygen atoms in total. The number of sulfonamides is 1. The van der Waals surface area contributed by atoms with Gasteiger partial charge in [-0.15, -0.1) is 0 Å². The molecule has 0 saturated carbocycles. The molecule has 0 fully saturated rings. The van der Waals surface area contributed by atoms with E-state index in [9.17, 15) is 18.3 Å². The topological polar surface area (TPSA) is 96.6 Å². The Morgan fingerprint density at radius 1 is 1.29 bits per heavy atom. The number of furan rings is 1. The second kappa shape index (κ2) is 5.61. The summed E-state index contributed by atoms with van der Waals surface area (Å²) < 4.78 is 31.6. The highest BCUT2D eigenvalue weighted by Gasteiger charge is 2.22. The van der Waals surface area contributed by atoms with Crippen LogP contribution in [0.2, 0.25) is 0 Å². The zero-order valence-corrected chi connectivity index (χ0v) is 12.3. The van der Waals surface area contributed by atoms with Gasteiger partial charge in [0, 0.05) is 0 Å². The molecule has 2 rings (SSSR count). The molecule has 2 aromatic rings. The van der Waals surface area contributed by atoms with Crippen LogP contribution < -0.4 is 4.72 Å². The minimum Gasteiger partial charge on any atom is -0.478 e. The second-order valence-electron chi connectivity index (χ2n) is 4.79. The van der Waals surface area contributed by atoms with E-state index in [2.05, 4.69) is 4.72 Å². The van der Waals surface area contributed by atoms with E-state index in [1.807, 2.05) is 13.8 Å². The van der Waals surface area contributed by atoms with Crippen molar-refractivity contribution in [2.24, 2.45) is 0 Å². The number of nitrogens with one attached hydrogen (secondary N) is 1. The first-order chi connectivity index (χ1) is 9.83. The molecule has 112 valence electrons. The van der Waals surface area contributed by atoms with Crippen molar-refractivity contribution in [3.63, 3.8) is 0 Å². The second-order valence-corrected chi connectivity index (χ2v) is 6.48. The lowest BCUT2D eigenvalue weighted by molar-refractivity contribution is 0.0698. The first-order valence-corrected chi connectivity index (χ1v) is 7.72. The summed E-state index contributed by atoms with van der Waals surface area (Å²) >= 11 is 0. The van der Waals surface area contributed by atoms with Gasteiger partial charge in [0.05, 0.1) is 17.5 Å². The third kappa shape index (κ3) is 3.08. The van der Waals surface area contributed by atoms with Gasteiger partial charge in [0.1, 0.15) is 11.2 Å². The number of aromatic carboxylic acids is 1. The minimum atomic E-state index is -3.89. The van der Waals surface area contributed by atoms with Crippen LogP contribution in [0.5, 0.6) is 0 Å². The molecule has 0 bridgehead atoms. The van der Waals surface area contributed by atoms with Crippen LogP contribution in [-0.2, 0) is 10.0 Å². The van der Waals surface area contributed by atoms with Crippen molar-refractivity contribution in [1.29, 1.82) is 0 Å². The highest BCUT2D eigenvalue weighted by molar-refractivity contribution is 7.92. The number of carboxylic acids is 1. The number of carbonyl (C=O) groups is 1. The lowest BCUT2D eigenvalue weighted by Gasteiger charge is -2.16. The summed E-state index contributed by atoms with van der Waals surface area (Å²) in [5.41, 5.74) is 0.608.